The molecule has 1 saturated carbocycles. The van der Waals surface area contributed by atoms with Crippen LogP contribution in [0.3, 0.4) is 0 Å². The molecule has 0 radical (unpaired) electrons. The predicted octanol–water partition coefficient (Wildman–Crippen LogP) is 5.15. The lowest BCUT2D eigenvalue weighted by molar-refractivity contribution is 0.325. The van der Waals surface area contributed by atoms with Crippen LogP contribution < -0.4 is 15.5 Å². The summed E-state index contributed by atoms with van der Waals surface area (Å²) < 4.78 is 0. The van der Waals surface area contributed by atoms with Crippen LogP contribution in [0.25, 0.3) is 10.9 Å². The van der Waals surface area contributed by atoms with Crippen molar-refractivity contribution >= 4 is 34.3 Å². The van der Waals surface area contributed by atoms with Crippen molar-refractivity contribution in [2.75, 3.05) is 37.4 Å². The van der Waals surface area contributed by atoms with Crippen molar-refractivity contribution in [3.63, 3.8) is 0 Å². The van der Waals surface area contributed by atoms with Crippen molar-refractivity contribution in [1.82, 2.24) is 15.3 Å². The molecule has 2 N–H and O–H groups in total. The normalized spacial score (nSPS) is 18.8. The number of rotatable bonds is 8. The zero-order chi connectivity index (χ0) is 21.6. The summed E-state index contributed by atoms with van der Waals surface area (Å²) in [6.45, 7) is 2.11. The van der Waals surface area contributed by atoms with E-state index in [9.17, 15) is 0 Å². The van der Waals surface area contributed by atoms with Gasteiger partial charge in [0.25, 0.3) is 0 Å². The molecule has 1 aliphatic rings. The lowest BCUT2D eigenvalue weighted by Crippen LogP contribution is -2.32. The fourth-order valence-electron chi connectivity index (χ4n) is 4.35. The second-order valence-electron chi connectivity index (χ2n) is 8.72. The Balaban J connectivity index is 1.24. The Morgan fingerprint density at radius 2 is 1.71 bits per heavy atom. The van der Waals surface area contributed by atoms with Gasteiger partial charge in [-0.2, -0.15) is 4.98 Å². The van der Waals surface area contributed by atoms with E-state index >= 15 is 0 Å². The van der Waals surface area contributed by atoms with E-state index in [0.29, 0.717) is 6.04 Å². The largest absolute Gasteiger partial charge is 0.362 e. The average molecular weight is 438 g/mol. The van der Waals surface area contributed by atoms with Crippen LogP contribution in [0.4, 0.5) is 11.8 Å². The Hall–Kier alpha value is -2.37. The SMILES string of the molecule is CN(C)c1nc(NC2CCC(CNCCc3ccc(Cl)cc3)CC2)nc2ccccc12. The number of aromatic nitrogens is 2. The first-order valence-corrected chi connectivity index (χ1v) is 11.6. The number of nitrogens with one attached hydrogen (secondary N) is 2. The molecule has 6 heteroatoms. The Morgan fingerprint density at radius 3 is 2.45 bits per heavy atom. The first-order chi connectivity index (χ1) is 15.1. The summed E-state index contributed by atoms with van der Waals surface area (Å²) in [5.41, 5.74) is 2.32. The number of hydrogen-bond acceptors (Lipinski definition) is 5. The van der Waals surface area contributed by atoms with Gasteiger partial charge in [0.1, 0.15) is 5.82 Å². The second kappa shape index (κ2) is 10.3. The number of nitrogens with zero attached hydrogens (tertiary/aromatic N) is 3. The molecule has 3 aromatic rings. The zero-order valence-corrected chi connectivity index (χ0v) is 19.2. The molecule has 0 saturated heterocycles. The minimum Gasteiger partial charge on any atom is -0.362 e. The monoisotopic (exact) mass is 437 g/mol. The number of halogens is 1. The van der Waals surface area contributed by atoms with Gasteiger partial charge >= 0.3 is 0 Å². The van der Waals surface area contributed by atoms with Crippen LogP contribution >= 0.6 is 11.6 Å². The fraction of sp³-hybridized carbons (Fsp3) is 0.440. The number of benzene rings is 2. The minimum absolute atomic E-state index is 0.446. The summed E-state index contributed by atoms with van der Waals surface area (Å²) in [5, 5.41) is 9.13. The first-order valence-electron chi connectivity index (χ1n) is 11.2. The topological polar surface area (TPSA) is 53.1 Å². The maximum atomic E-state index is 5.95. The molecule has 4 rings (SSSR count). The van der Waals surface area contributed by atoms with E-state index in [2.05, 4.69) is 39.8 Å². The fourth-order valence-corrected chi connectivity index (χ4v) is 4.47. The van der Waals surface area contributed by atoms with Crippen molar-refractivity contribution in [2.45, 2.75) is 38.1 Å². The molecule has 2 aromatic carbocycles. The summed E-state index contributed by atoms with van der Waals surface area (Å²) in [7, 11) is 4.06. The van der Waals surface area contributed by atoms with Gasteiger partial charge < -0.3 is 15.5 Å². The van der Waals surface area contributed by atoms with Gasteiger partial charge in [0.2, 0.25) is 5.95 Å². The van der Waals surface area contributed by atoms with Gasteiger partial charge in [-0.05, 0) is 80.9 Å². The number of hydrogen-bond donors (Lipinski definition) is 2. The van der Waals surface area contributed by atoms with E-state index in [1.54, 1.807) is 0 Å². The molecule has 0 amide bonds. The standard InChI is InChI=1S/C25H32ClN5/c1-31(2)24-22-5-3-4-6-23(22)29-25(30-24)28-21-13-9-19(10-14-21)17-27-16-15-18-7-11-20(26)12-8-18/h3-8,11-12,19,21,27H,9-10,13-17H2,1-2H3,(H,28,29,30). The molecule has 164 valence electrons. The van der Waals surface area contributed by atoms with Crippen LogP contribution in [-0.2, 0) is 6.42 Å². The van der Waals surface area contributed by atoms with Gasteiger partial charge in [-0.25, -0.2) is 4.98 Å². The molecule has 0 aliphatic heterocycles. The third-order valence-electron chi connectivity index (χ3n) is 6.12. The van der Waals surface area contributed by atoms with E-state index < -0.39 is 0 Å². The van der Waals surface area contributed by atoms with Crippen LogP contribution in [0.5, 0.6) is 0 Å². The second-order valence-corrected chi connectivity index (χ2v) is 9.16. The minimum atomic E-state index is 0.446. The van der Waals surface area contributed by atoms with E-state index in [1.165, 1.54) is 18.4 Å². The van der Waals surface area contributed by atoms with Gasteiger partial charge in [-0.3, -0.25) is 0 Å². The summed E-state index contributed by atoms with van der Waals surface area (Å²) >= 11 is 5.95. The van der Waals surface area contributed by atoms with Crippen molar-refractivity contribution < 1.29 is 0 Å². The summed E-state index contributed by atoms with van der Waals surface area (Å²) in [6, 6.07) is 16.8. The van der Waals surface area contributed by atoms with Crippen molar-refractivity contribution in [3.8, 4) is 0 Å². The molecule has 1 aromatic heterocycles. The molecule has 1 aliphatic carbocycles. The Bertz CT molecular complexity index is 981. The van der Waals surface area contributed by atoms with Crippen molar-refractivity contribution in [2.24, 2.45) is 5.92 Å². The molecule has 1 fully saturated rings. The van der Waals surface area contributed by atoms with Gasteiger partial charge in [0, 0.05) is 30.5 Å². The van der Waals surface area contributed by atoms with Crippen LogP contribution in [0.1, 0.15) is 31.2 Å². The predicted molar refractivity (Wildman–Crippen MR) is 131 cm³/mol. The van der Waals surface area contributed by atoms with Gasteiger partial charge in [-0.1, -0.05) is 35.9 Å². The highest BCUT2D eigenvalue weighted by Gasteiger charge is 2.22. The summed E-state index contributed by atoms with van der Waals surface area (Å²) in [4.78, 5) is 11.6. The third-order valence-corrected chi connectivity index (χ3v) is 6.38. The number of anilines is 2. The molecule has 1 heterocycles. The third kappa shape index (κ3) is 5.86. The Morgan fingerprint density at radius 1 is 0.968 bits per heavy atom. The summed E-state index contributed by atoms with van der Waals surface area (Å²) in [6.07, 6.45) is 5.84. The van der Waals surface area contributed by atoms with Gasteiger partial charge in [-0.15, -0.1) is 0 Å². The first kappa shape index (κ1) is 21.8. The van der Waals surface area contributed by atoms with E-state index in [-0.39, 0.29) is 0 Å². The maximum Gasteiger partial charge on any atom is 0.225 e. The molecule has 0 unspecified atom stereocenters. The van der Waals surface area contributed by atoms with E-state index in [1.807, 2.05) is 38.4 Å². The highest BCUT2D eigenvalue weighted by Crippen LogP contribution is 2.28. The smallest absolute Gasteiger partial charge is 0.225 e. The van der Waals surface area contributed by atoms with Crippen molar-refractivity contribution in [3.05, 3.63) is 59.1 Å². The van der Waals surface area contributed by atoms with E-state index in [4.69, 9.17) is 21.6 Å². The van der Waals surface area contributed by atoms with Crippen LogP contribution in [0.15, 0.2) is 48.5 Å². The lowest BCUT2D eigenvalue weighted by Gasteiger charge is -2.29. The maximum absolute atomic E-state index is 5.95. The summed E-state index contributed by atoms with van der Waals surface area (Å²) in [5.74, 6) is 2.46. The molecular weight excluding hydrogens is 406 g/mol. The highest BCUT2D eigenvalue weighted by atomic mass is 35.5. The molecule has 0 atom stereocenters. The quantitative estimate of drug-likeness (QED) is 0.477. The Labute approximate surface area is 190 Å². The van der Waals surface area contributed by atoms with Crippen molar-refractivity contribution in [1.29, 1.82) is 0 Å². The molecule has 0 spiro atoms. The Kier molecular flexibility index (Phi) is 7.25. The van der Waals surface area contributed by atoms with Crippen LogP contribution in [-0.4, -0.2) is 43.2 Å². The van der Waals surface area contributed by atoms with Gasteiger partial charge in [0.15, 0.2) is 0 Å². The van der Waals surface area contributed by atoms with Crippen LogP contribution in [0.2, 0.25) is 5.02 Å². The molecule has 31 heavy (non-hydrogen) atoms. The van der Waals surface area contributed by atoms with Crippen LogP contribution in [0, 0.1) is 5.92 Å². The number of fused-ring (bicyclic) bond motifs is 1. The molecule has 5 nitrogen and oxygen atoms in total. The average Bonchev–Trinajstić information content (AvgIpc) is 2.78. The number of para-hydroxylation sites is 1. The molecular formula is C25H32ClN5. The molecule has 0 bridgehead atoms. The lowest BCUT2D eigenvalue weighted by atomic mass is 9.86. The zero-order valence-electron chi connectivity index (χ0n) is 18.4. The van der Waals surface area contributed by atoms with E-state index in [0.717, 1.165) is 66.0 Å². The van der Waals surface area contributed by atoms with Gasteiger partial charge in [0.05, 0.1) is 5.52 Å². The highest BCUT2D eigenvalue weighted by molar-refractivity contribution is 6.30.